The normalized spacial score (nSPS) is 24.6. The molecule has 1 aliphatic rings. The van der Waals surface area contributed by atoms with Crippen LogP contribution < -0.4 is 0 Å². The number of hydrogen-bond acceptors (Lipinski definition) is 5. The summed E-state index contributed by atoms with van der Waals surface area (Å²) in [6.07, 6.45) is 3.59. The number of allylic oxidation sites excluding steroid dienone is 1. The van der Waals surface area contributed by atoms with E-state index < -0.39 is 42.1 Å². The quantitative estimate of drug-likeness (QED) is 0.298. The molecule has 0 saturated heterocycles. The minimum atomic E-state index is -4.11. The minimum Gasteiger partial charge on any atom is -0.223 e. The van der Waals surface area contributed by atoms with Crippen LogP contribution in [0.25, 0.3) is 10.4 Å². The fourth-order valence-corrected chi connectivity index (χ4v) is 8.65. The van der Waals surface area contributed by atoms with E-state index in [2.05, 4.69) is 10.0 Å². The van der Waals surface area contributed by atoms with E-state index in [9.17, 15) is 16.8 Å². The number of azide groups is 1. The van der Waals surface area contributed by atoms with Gasteiger partial charge in [-0.2, -0.15) is 0 Å². The lowest BCUT2D eigenvalue weighted by molar-refractivity contribution is 0.463. The SMILES string of the molecule is CC[C@@H]1C=C[C@H](N=[N+]=[N-])[C@H](S(=O)(=O)c2ccccc2)[C@H]1S(=O)(=O)c1ccccc1. The average Bonchev–Trinajstić information content (AvgIpc) is 2.74. The monoisotopic (exact) mass is 431 g/mol. The van der Waals surface area contributed by atoms with Crippen molar-refractivity contribution in [3.63, 3.8) is 0 Å². The first-order chi connectivity index (χ1) is 13.8. The minimum absolute atomic E-state index is 0.00144. The van der Waals surface area contributed by atoms with Gasteiger partial charge >= 0.3 is 0 Å². The fraction of sp³-hybridized carbons (Fsp3) is 0.300. The Morgan fingerprint density at radius 3 is 1.76 bits per heavy atom. The van der Waals surface area contributed by atoms with Crippen LogP contribution in [0.4, 0.5) is 0 Å². The lowest BCUT2D eigenvalue weighted by Crippen LogP contribution is -2.51. The average molecular weight is 432 g/mol. The van der Waals surface area contributed by atoms with Crippen molar-refractivity contribution in [1.29, 1.82) is 0 Å². The Balaban J connectivity index is 2.26. The summed E-state index contributed by atoms with van der Waals surface area (Å²) in [5.74, 6) is -0.533. The van der Waals surface area contributed by atoms with Gasteiger partial charge in [-0.15, -0.1) is 0 Å². The molecule has 0 fully saturated rings. The second kappa shape index (κ2) is 8.41. The van der Waals surface area contributed by atoms with Crippen molar-refractivity contribution in [3.8, 4) is 0 Å². The third kappa shape index (κ3) is 3.94. The molecule has 0 unspecified atom stereocenters. The molecule has 3 rings (SSSR count). The topological polar surface area (TPSA) is 117 Å². The highest BCUT2D eigenvalue weighted by molar-refractivity contribution is 7.96. The van der Waals surface area contributed by atoms with Gasteiger partial charge < -0.3 is 0 Å². The Hall–Kier alpha value is -2.61. The molecule has 0 radical (unpaired) electrons. The number of rotatable bonds is 6. The van der Waals surface area contributed by atoms with Gasteiger partial charge in [0.05, 0.1) is 26.3 Å². The molecule has 4 atom stereocenters. The van der Waals surface area contributed by atoms with Crippen LogP contribution in [0.3, 0.4) is 0 Å². The van der Waals surface area contributed by atoms with Crippen LogP contribution in [-0.4, -0.2) is 33.4 Å². The Kier molecular flexibility index (Phi) is 6.12. The molecular weight excluding hydrogens is 410 g/mol. The molecule has 0 aliphatic heterocycles. The van der Waals surface area contributed by atoms with Gasteiger partial charge in [0, 0.05) is 4.91 Å². The molecule has 0 N–H and O–H groups in total. The van der Waals surface area contributed by atoms with Gasteiger partial charge in [0.25, 0.3) is 0 Å². The fourth-order valence-electron chi connectivity index (χ4n) is 3.75. The molecule has 9 heteroatoms. The molecule has 0 spiro atoms. The van der Waals surface area contributed by atoms with E-state index in [-0.39, 0.29) is 9.79 Å². The summed E-state index contributed by atoms with van der Waals surface area (Å²) in [7, 11) is -8.14. The summed E-state index contributed by atoms with van der Waals surface area (Å²) in [5, 5.41) is 0.926. The Bertz CT molecular complexity index is 1140. The number of sulfone groups is 2. The summed E-state index contributed by atoms with van der Waals surface area (Å²) in [6, 6.07) is 14.3. The molecule has 2 aromatic rings. The molecular formula is C20H21N3O4S2. The van der Waals surface area contributed by atoms with Crippen LogP contribution in [-0.2, 0) is 19.7 Å². The molecule has 2 aromatic carbocycles. The van der Waals surface area contributed by atoms with Gasteiger partial charge in [-0.25, -0.2) is 16.8 Å². The molecule has 0 saturated carbocycles. The maximum absolute atomic E-state index is 13.6. The Morgan fingerprint density at radius 2 is 1.31 bits per heavy atom. The molecule has 152 valence electrons. The van der Waals surface area contributed by atoms with Crippen LogP contribution in [0.2, 0.25) is 0 Å². The third-order valence-electron chi connectivity index (χ3n) is 5.15. The van der Waals surface area contributed by atoms with E-state index in [4.69, 9.17) is 5.53 Å². The van der Waals surface area contributed by atoms with Gasteiger partial charge in [-0.3, -0.25) is 0 Å². The standard InChI is InChI=1S/C20H21N3O4S2/c1-2-15-13-14-18(22-23-21)20(29(26,27)17-11-7-4-8-12-17)19(15)28(24,25)16-9-5-3-6-10-16/h3-15,18-20H,2H2,1H3/t15-,18+,19+,20+/m1/s1. The zero-order valence-corrected chi connectivity index (χ0v) is 17.4. The zero-order chi connectivity index (χ0) is 21.1. The summed E-state index contributed by atoms with van der Waals surface area (Å²) < 4.78 is 54.2. The van der Waals surface area contributed by atoms with Gasteiger partial charge in [-0.1, -0.05) is 60.6 Å². The van der Waals surface area contributed by atoms with Crippen LogP contribution in [0.5, 0.6) is 0 Å². The second-order valence-corrected chi connectivity index (χ2v) is 11.0. The first-order valence-corrected chi connectivity index (χ1v) is 12.2. The smallest absolute Gasteiger partial charge is 0.183 e. The van der Waals surface area contributed by atoms with Crippen LogP contribution >= 0.6 is 0 Å². The van der Waals surface area contributed by atoms with Gasteiger partial charge in [0.2, 0.25) is 0 Å². The highest BCUT2D eigenvalue weighted by Gasteiger charge is 2.50. The van der Waals surface area contributed by atoms with E-state index in [1.807, 2.05) is 6.92 Å². The summed E-state index contributed by atoms with van der Waals surface area (Å²) >= 11 is 0. The predicted molar refractivity (Wildman–Crippen MR) is 111 cm³/mol. The van der Waals surface area contributed by atoms with E-state index >= 15 is 0 Å². The van der Waals surface area contributed by atoms with Crippen molar-refractivity contribution in [2.75, 3.05) is 0 Å². The molecule has 0 aromatic heterocycles. The maximum Gasteiger partial charge on any atom is 0.183 e. The van der Waals surface area contributed by atoms with Gasteiger partial charge in [-0.05, 0) is 42.1 Å². The van der Waals surface area contributed by atoms with E-state index in [1.165, 1.54) is 30.3 Å². The van der Waals surface area contributed by atoms with Crippen molar-refractivity contribution >= 4 is 19.7 Å². The number of nitrogens with zero attached hydrogens (tertiary/aromatic N) is 3. The highest BCUT2D eigenvalue weighted by Crippen LogP contribution is 2.38. The molecule has 1 aliphatic carbocycles. The lowest BCUT2D eigenvalue weighted by Gasteiger charge is -2.37. The van der Waals surface area contributed by atoms with Crippen molar-refractivity contribution in [2.45, 2.75) is 39.7 Å². The van der Waals surface area contributed by atoms with E-state index in [1.54, 1.807) is 42.5 Å². The Morgan fingerprint density at radius 1 is 0.828 bits per heavy atom. The molecule has 0 amide bonds. The summed E-state index contributed by atoms with van der Waals surface area (Å²) in [5.41, 5.74) is 8.98. The van der Waals surface area contributed by atoms with Crippen LogP contribution in [0, 0.1) is 5.92 Å². The first kappa shape index (κ1) is 21.1. The second-order valence-electron chi connectivity index (χ2n) is 6.80. The molecule has 7 nitrogen and oxygen atoms in total. The molecule has 29 heavy (non-hydrogen) atoms. The zero-order valence-electron chi connectivity index (χ0n) is 15.7. The summed E-state index contributed by atoms with van der Waals surface area (Å²) in [4.78, 5) is 2.82. The van der Waals surface area contributed by atoms with E-state index in [0.29, 0.717) is 6.42 Å². The molecule has 0 heterocycles. The van der Waals surface area contributed by atoms with Crippen molar-refractivity contribution in [2.24, 2.45) is 11.0 Å². The van der Waals surface area contributed by atoms with Gasteiger partial charge in [0.15, 0.2) is 19.7 Å². The number of hydrogen-bond donors (Lipinski definition) is 0. The predicted octanol–water partition coefficient (Wildman–Crippen LogP) is 3.95. The lowest BCUT2D eigenvalue weighted by atomic mass is 9.90. The summed E-state index contributed by atoms with van der Waals surface area (Å²) in [6.45, 7) is 1.81. The Labute approximate surface area is 170 Å². The largest absolute Gasteiger partial charge is 0.223 e. The van der Waals surface area contributed by atoms with E-state index in [0.717, 1.165) is 0 Å². The molecule has 0 bridgehead atoms. The van der Waals surface area contributed by atoms with Crippen LogP contribution in [0.1, 0.15) is 13.3 Å². The third-order valence-corrected chi connectivity index (χ3v) is 9.83. The van der Waals surface area contributed by atoms with Crippen molar-refractivity contribution < 1.29 is 16.8 Å². The maximum atomic E-state index is 13.6. The number of benzene rings is 2. The van der Waals surface area contributed by atoms with Crippen LogP contribution in [0.15, 0.2) is 87.7 Å². The highest BCUT2D eigenvalue weighted by atomic mass is 32.2. The van der Waals surface area contributed by atoms with Crippen molar-refractivity contribution in [1.82, 2.24) is 0 Å². The van der Waals surface area contributed by atoms with Gasteiger partial charge in [0.1, 0.15) is 0 Å². The van der Waals surface area contributed by atoms with Crippen molar-refractivity contribution in [3.05, 3.63) is 83.3 Å². The first-order valence-electron chi connectivity index (χ1n) is 9.14.